The van der Waals surface area contributed by atoms with Crippen LogP contribution in [0.15, 0.2) is 30.3 Å². The fraction of sp³-hybridized carbons (Fsp3) is 0.667. The van der Waals surface area contributed by atoms with E-state index in [1.54, 1.807) is 0 Å². The van der Waals surface area contributed by atoms with Gasteiger partial charge in [-0.05, 0) is 38.7 Å². The van der Waals surface area contributed by atoms with E-state index >= 15 is 0 Å². The number of ether oxygens (including phenoxy) is 1. The minimum atomic E-state index is 0.0502. The molecule has 21 heavy (non-hydrogen) atoms. The summed E-state index contributed by atoms with van der Waals surface area (Å²) < 4.78 is 5.83. The summed E-state index contributed by atoms with van der Waals surface area (Å²) in [5.41, 5.74) is 7.63. The van der Waals surface area contributed by atoms with Crippen LogP contribution < -0.4 is 5.73 Å². The fourth-order valence-electron chi connectivity index (χ4n) is 3.26. The molecule has 1 saturated heterocycles. The smallest absolute Gasteiger partial charge is 0.0675 e. The van der Waals surface area contributed by atoms with Crippen LogP contribution in [-0.2, 0) is 11.2 Å². The Hall–Kier alpha value is -0.900. The molecule has 0 spiro atoms. The molecule has 0 radical (unpaired) electrons. The van der Waals surface area contributed by atoms with E-state index in [9.17, 15) is 0 Å². The number of nitrogens with two attached hydrogens (primary N) is 1. The van der Waals surface area contributed by atoms with E-state index in [1.165, 1.54) is 5.56 Å². The highest BCUT2D eigenvalue weighted by atomic mass is 16.5. The van der Waals surface area contributed by atoms with Gasteiger partial charge in [-0.3, -0.25) is 4.90 Å². The summed E-state index contributed by atoms with van der Waals surface area (Å²) in [6.07, 6.45) is 3.59. The third kappa shape index (κ3) is 4.06. The Bertz CT molecular complexity index is 422. The van der Waals surface area contributed by atoms with E-state index < -0.39 is 0 Å². The van der Waals surface area contributed by atoms with E-state index in [2.05, 4.69) is 56.0 Å². The molecule has 2 N–H and O–H groups in total. The van der Waals surface area contributed by atoms with Crippen molar-refractivity contribution >= 4 is 0 Å². The van der Waals surface area contributed by atoms with Gasteiger partial charge in [-0.2, -0.15) is 0 Å². The Balaban J connectivity index is 2.07. The zero-order valence-corrected chi connectivity index (χ0v) is 13.7. The van der Waals surface area contributed by atoms with Crippen molar-refractivity contribution in [1.29, 1.82) is 0 Å². The average molecular weight is 290 g/mol. The van der Waals surface area contributed by atoms with Crippen LogP contribution in [0.25, 0.3) is 0 Å². The molecule has 1 aliphatic rings. The molecular weight excluding hydrogens is 260 g/mol. The number of nitrogens with zero attached hydrogens (tertiary/aromatic N) is 1. The number of hydrogen-bond acceptors (Lipinski definition) is 3. The standard InChI is InChI=1S/C18H30N2O/c1-4-17-13-21-15(2)12-20(17)18(3,14-19)11-10-16-8-6-5-7-9-16/h5-9,15,17H,4,10-14,19H2,1-3H3. The zero-order chi connectivity index (χ0) is 15.3. The highest BCUT2D eigenvalue weighted by Gasteiger charge is 2.38. The molecule has 2 rings (SSSR count). The second-order valence-electron chi connectivity index (χ2n) is 6.55. The molecule has 1 fully saturated rings. The number of aryl methyl sites for hydroxylation is 1. The van der Waals surface area contributed by atoms with Crippen LogP contribution in [-0.4, -0.2) is 42.3 Å². The normalized spacial score (nSPS) is 26.5. The summed E-state index contributed by atoms with van der Waals surface area (Å²) in [7, 11) is 0. The van der Waals surface area contributed by atoms with Crippen LogP contribution in [0.2, 0.25) is 0 Å². The number of benzene rings is 1. The second-order valence-corrected chi connectivity index (χ2v) is 6.55. The van der Waals surface area contributed by atoms with Crippen LogP contribution in [0.4, 0.5) is 0 Å². The van der Waals surface area contributed by atoms with Crippen molar-refractivity contribution < 1.29 is 4.74 Å². The molecule has 1 heterocycles. The van der Waals surface area contributed by atoms with E-state index in [1.807, 2.05) is 0 Å². The van der Waals surface area contributed by atoms with E-state index in [4.69, 9.17) is 10.5 Å². The van der Waals surface area contributed by atoms with Gasteiger partial charge in [0.15, 0.2) is 0 Å². The van der Waals surface area contributed by atoms with Gasteiger partial charge in [-0.25, -0.2) is 0 Å². The summed E-state index contributed by atoms with van der Waals surface area (Å²) in [4.78, 5) is 2.60. The Morgan fingerprint density at radius 3 is 2.67 bits per heavy atom. The predicted molar refractivity (Wildman–Crippen MR) is 88.4 cm³/mol. The maximum absolute atomic E-state index is 6.18. The highest BCUT2D eigenvalue weighted by Crippen LogP contribution is 2.28. The van der Waals surface area contributed by atoms with Gasteiger partial charge in [0.25, 0.3) is 0 Å². The molecule has 0 bridgehead atoms. The Morgan fingerprint density at radius 2 is 2.05 bits per heavy atom. The summed E-state index contributed by atoms with van der Waals surface area (Å²) in [5.74, 6) is 0. The SMILES string of the molecule is CCC1COC(C)CN1C(C)(CN)CCc1ccccc1. The van der Waals surface area contributed by atoms with Crippen molar-refractivity contribution in [1.82, 2.24) is 4.90 Å². The molecule has 3 atom stereocenters. The van der Waals surface area contributed by atoms with Crippen LogP contribution in [0.5, 0.6) is 0 Å². The minimum absolute atomic E-state index is 0.0502. The first-order chi connectivity index (χ1) is 10.1. The molecule has 3 nitrogen and oxygen atoms in total. The molecule has 1 aromatic carbocycles. The molecule has 0 saturated carbocycles. The first kappa shape index (κ1) is 16.5. The lowest BCUT2D eigenvalue weighted by molar-refractivity contribution is -0.0963. The molecule has 0 amide bonds. The summed E-state index contributed by atoms with van der Waals surface area (Å²) in [6.45, 7) is 9.23. The summed E-state index contributed by atoms with van der Waals surface area (Å²) in [6, 6.07) is 11.2. The number of rotatable bonds is 6. The van der Waals surface area contributed by atoms with E-state index in [-0.39, 0.29) is 5.54 Å². The highest BCUT2D eigenvalue weighted by molar-refractivity contribution is 5.15. The Morgan fingerprint density at radius 1 is 1.33 bits per heavy atom. The van der Waals surface area contributed by atoms with Crippen molar-refractivity contribution in [2.24, 2.45) is 5.73 Å². The van der Waals surface area contributed by atoms with Gasteiger partial charge in [0, 0.05) is 24.7 Å². The number of hydrogen-bond donors (Lipinski definition) is 1. The average Bonchev–Trinajstić information content (AvgIpc) is 2.53. The second kappa shape index (κ2) is 7.39. The zero-order valence-electron chi connectivity index (χ0n) is 13.7. The predicted octanol–water partition coefficient (Wildman–Crippen LogP) is 2.84. The van der Waals surface area contributed by atoms with Crippen molar-refractivity contribution in [3.63, 3.8) is 0 Å². The van der Waals surface area contributed by atoms with Gasteiger partial charge in [0.1, 0.15) is 0 Å². The van der Waals surface area contributed by atoms with Crippen molar-refractivity contribution in [2.75, 3.05) is 19.7 Å². The quantitative estimate of drug-likeness (QED) is 0.875. The fourth-order valence-corrected chi connectivity index (χ4v) is 3.26. The summed E-state index contributed by atoms with van der Waals surface area (Å²) >= 11 is 0. The minimum Gasteiger partial charge on any atom is -0.376 e. The maximum Gasteiger partial charge on any atom is 0.0675 e. The van der Waals surface area contributed by atoms with Crippen LogP contribution in [0, 0.1) is 0 Å². The van der Waals surface area contributed by atoms with E-state index in [0.29, 0.717) is 18.7 Å². The lowest BCUT2D eigenvalue weighted by Gasteiger charge is -2.49. The molecule has 3 unspecified atom stereocenters. The lowest BCUT2D eigenvalue weighted by atomic mass is 9.88. The Labute approximate surface area is 129 Å². The largest absolute Gasteiger partial charge is 0.376 e. The topological polar surface area (TPSA) is 38.5 Å². The first-order valence-electron chi connectivity index (χ1n) is 8.21. The van der Waals surface area contributed by atoms with Crippen molar-refractivity contribution in [3.05, 3.63) is 35.9 Å². The van der Waals surface area contributed by atoms with Crippen LogP contribution in [0.1, 0.15) is 39.2 Å². The summed E-state index contributed by atoms with van der Waals surface area (Å²) in [5, 5.41) is 0. The van der Waals surface area contributed by atoms with Gasteiger partial charge in [0.2, 0.25) is 0 Å². The van der Waals surface area contributed by atoms with Crippen LogP contribution in [0.3, 0.4) is 0 Å². The third-order valence-corrected chi connectivity index (χ3v) is 4.87. The van der Waals surface area contributed by atoms with Crippen molar-refractivity contribution in [2.45, 2.75) is 57.7 Å². The monoisotopic (exact) mass is 290 g/mol. The molecule has 3 heteroatoms. The molecule has 0 aliphatic carbocycles. The molecular formula is C18H30N2O. The molecule has 118 valence electrons. The van der Waals surface area contributed by atoms with E-state index in [0.717, 1.165) is 32.4 Å². The molecule has 0 aromatic heterocycles. The maximum atomic E-state index is 6.18. The van der Waals surface area contributed by atoms with Gasteiger partial charge in [-0.1, -0.05) is 37.3 Å². The molecule has 1 aromatic rings. The first-order valence-corrected chi connectivity index (χ1v) is 8.21. The third-order valence-electron chi connectivity index (χ3n) is 4.87. The lowest BCUT2D eigenvalue weighted by Crippen LogP contribution is -2.61. The number of morpholine rings is 1. The van der Waals surface area contributed by atoms with Gasteiger partial charge in [0.05, 0.1) is 12.7 Å². The van der Waals surface area contributed by atoms with Gasteiger partial charge in [-0.15, -0.1) is 0 Å². The van der Waals surface area contributed by atoms with Gasteiger partial charge >= 0.3 is 0 Å². The van der Waals surface area contributed by atoms with Gasteiger partial charge < -0.3 is 10.5 Å². The van der Waals surface area contributed by atoms with Crippen LogP contribution >= 0.6 is 0 Å². The molecule has 1 aliphatic heterocycles. The van der Waals surface area contributed by atoms with Crippen molar-refractivity contribution in [3.8, 4) is 0 Å². The Kier molecular flexibility index (Phi) is 5.80.